The van der Waals surface area contributed by atoms with E-state index in [-0.39, 0.29) is 0 Å². The minimum absolute atomic E-state index is 0.834. The summed E-state index contributed by atoms with van der Waals surface area (Å²) in [6.07, 6.45) is 14.2. The van der Waals surface area contributed by atoms with E-state index in [2.05, 4.69) is 19.2 Å². The van der Waals surface area contributed by atoms with Crippen LogP contribution < -0.4 is 5.32 Å². The molecule has 16 heavy (non-hydrogen) atoms. The third-order valence-electron chi connectivity index (χ3n) is 4.02. The molecule has 0 aromatic heterocycles. The molecular weight excluding hydrogens is 194 g/mol. The van der Waals surface area contributed by atoms with Crippen molar-refractivity contribution >= 4 is 0 Å². The van der Waals surface area contributed by atoms with E-state index in [9.17, 15) is 0 Å². The first-order chi connectivity index (χ1) is 7.88. The van der Waals surface area contributed by atoms with Crippen molar-refractivity contribution in [3.05, 3.63) is 0 Å². The van der Waals surface area contributed by atoms with Gasteiger partial charge in [-0.15, -0.1) is 0 Å². The molecule has 1 unspecified atom stereocenters. The Morgan fingerprint density at radius 3 is 2.31 bits per heavy atom. The number of hydrogen-bond acceptors (Lipinski definition) is 1. The van der Waals surface area contributed by atoms with Gasteiger partial charge in [-0.05, 0) is 38.1 Å². The summed E-state index contributed by atoms with van der Waals surface area (Å²) in [5.41, 5.74) is 0. The smallest absolute Gasteiger partial charge is 0.00953 e. The first kappa shape index (κ1) is 14.0. The molecule has 1 heteroatoms. The summed E-state index contributed by atoms with van der Waals surface area (Å²) in [7, 11) is 0. The molecule has 0 aliphatic heterocycles. The molecule has 1 saturated carbocycles. The molecule has 0 aromatic rings. The van der Waals surface area contributed by atoms with Gasteiger partial charge in [-0.2, -0.15) is 0 Å². The molecule has 1 rings (SSSR count). The van der Waals surface area contributed by atoms with E-state index >= 15 is 0 Å². The molecule has 0 bridgehead atoms. The Hall–Kier alpha value is -0.0400. The fraction of sp³-hybridized carbons (Fsp3) is 1.00. The van der Waals surface area contributed by atoms with Crippen LogP contribution in [0.4, 0.5) is 0 Å². The van der Waals surface area contributed by atoms with Gasteiger partial charge in [0.2, 0.25) is 0 Å². The Bertz CT molecular complexity index is 140. The largest absolute Gasteiger partial charge is 0.314 e. The topological polar surface area (TPSA) is 12.0 Å². The van der Waals surface area contributed by atoms with E-state index in [0.29, 0.717) is 0 Å². The highest BCUT2D eigenvalue weighted by Crippen LogP contribution is 2.29. The second-order valence-corrected chi connectivity index (χ2v) is 5.45. The van der Waals surface area contributed by atoms with Crippen LogP contribution in [0.1, 0.15) is 78.1 Å². The fourth-order valence-electron chi connectivity index (χ4n) is 2.94. The van der Waals surface area contributed by atoms with Crippen molar-refractivity contribution in [3.63, 3.8) is 0 Å². The van der Waals surface area contributed by atoms with Gasteiger partial charge in [-0.25, -0.2) is 0 Å². The van der Waals surface area contributed by atoms with E-state index in [0.717, 1.165) is 12.0 Å². The van der Waals surface area contributed by atoms with Gasteiger partial charge in [-0.1, -0.05) is 52.4 Å². The molecule has 96 valence electrons. The van der Waals surface area contributed by atoms with E-state index in [1.807, 2.05) is 0 Å². The van der Waals surface area contributed by atoms with Crippen molar-refractivity contribution in [2.24, 2.45) is 5.92 Å². The van der Waals surface area contributed by atoms with Crippen LogP contribution in [0.25, 0.3) is 0 Å². The van der Waals surface area contributed by atoms with Crippen LogP contribution >= 0.6 is 0 Å². The van der Waals surface area contributed by atoms with E-state index < -0.39 is 0 Å². The minimum Gasteiger partial charge on any atom is -0.314 e. The Labute approximate surface area is 102 Å². The number of nitrogens with one attached hydrogen (secondary N) is 1. The Morgan fingerprint density at radius 1 is 1.00 bits per heavy atom. The molecule has 0 amide bonds. The van der Waals surface area contributed by atoms with Crippen molar-refractivity contribution in [1.82, 2.24) is 5.32 Å². The third-order valence-corrected chi connectivity index (χ3v) is 4.02. The first-order valence-electron chi connectivity index (χ1n) is 7.61. The van der Waals surface area contributed by atoms with Crippen LogP contribution in [0.5, 0.6) is 0 Å². The van der Waals surface area contributed by atoms with Crippen LogP contribution in [0.15, 0.2) is 0 Å². The molecule has 0 spiro atoms. The van der Waals surface area contributed by atoms with Gasteiger partial charge in [0.05, 0.1) is 0 Å². The molecule has 1 aliphatic carbocycles. The molecule has 1 N–H and O–H groups in total. The quantitative estimate of drug-likeness (QED) is 0.569. The van der Waals surface area contributed by atoms with Crippen LogP contribution in [-0.4, -0.2) is 12.6 Å². The van der Waals surface area contributed by atoms with Crippen molar-refractivity contribution in [2.45, 2.75) is 84.1 Å². The van der Waals surface area contributed by atoms with Crippen LogP contribution in [0.2, 0.25) is 0 Å². The van der Waals surface area contributed by atoms with Gasteiger partial charge < -0.3 is 5.32 Å². The highest BCUT2D eigenvalue weighted by atomic mass is 14.9. The maximum absolute atomic E-state index is 3.82. The van der Waals surface area contributed by atoms with Crippen molar-refractivity contribution in [3.8, 4) is 0 Å². The van der Waals surface area contributed by atoms with Crippen LogP contribution in [-0.2, 0) is 0 Å². The van der Waals surface area contributed by atoms with E-state index in [1.165, 1.54) is 70.8 Å². The third kappa shape index (κ3) is 5.34. The molecular formula is C15H31N. The standard InChI is InChI=1S/C15H31N/c1-3-5-7-12-15(16-13-6-4-2)14-10-8-9-11-14/h14-16H,3-13H2,1-2H3. The summed E-state index contributed by atoms with van der Waals surface area (Å²) < 4.78 is 0. The second kappa shape index (κ2) is 9.04. The maximum Gasteiger partial charge on any atom is 0.00953 e. The van der Waals surface area contributed by atoms with Crippen molar-refractivity contribution < 1.29 is 0 Å². The van der Waals surface area contributed by atoms with E-state index in [4.69, 9.17) is 0 Å². The molecule has 0 radical (unpaired) electrons. The monoisotopic (exact) mass is 225 g/mol. The van der Waals surface area contributed by atoms with Gasteiger partial charge in [-0.3, -0.25) is 0 Å². The average Bonchev–Trinajstić information content (AvgIpc) is 2.81. The zero-order chi connectivity index (χ0) is 11.6. The van der Waals surface area contributed by atoms with Crippen molar-refractivity contribution in [2.75, 3.05) is 6.54 Å². The SMILES string of the molecule is CCCCCC(NCCCC)C1CCCC1. The summed E-state index contributed by atoms with van der Waals surface area (Å²) in [4.78, 5) is 0. The van der Waals surface area contributed by atoms with E-state index in [1.54, 1.807) is 0 Å². The molecule has 0 aromatic carbocycles. The Morgan fingerprint density at radius 2 is 1.69 bits per heavy atom. The normalized spacial score (nSPS) is 19.1. The zero-order valence-electron chi connectivity index (χ0n) is 11.4. The molecule has 0 saturated heterocycles. The molecule has 0 heterocycles. The summed E-state index contributed by atoms with van der Waals surface area (Å²) >= 11 is 0. The van der Waals surface area contributed by atoms with Gasteiger partial charge in [0.25, 0.3) is 0 Å². The van der Waals surface area contributed by atoms with Gasteiger partial charge in [0.15, 0.2) is 0 Å². The number of hydrogen-bond donors (Lipinski definition) is 1. The Kier molecular flexibility index (Phi) is 7.92. The first-order valence-corrected chi connectivity index (χ1v) is 7.61. The highest BCUT2D eigenvalue weighted by Gasteiger charge is 2.23. The average molecular weight is 225 g/mol. The second-order valence-electron chi connectivity index (χ2n) is 5.45. The summed E-state index contributed by atoms with van der Waals surface area (Å²) in [5.74, 6) is 0.994. The molecule has 1 atom stereocenters. The number of unbranched alkanes of at least 4 members (excludes halogenated alkanes) is 3. The summed E-state index contributed by atoms with van der Waals surface area (Å²) in [6.45, 7) is 5.82. The lowest BCUT2D eigenvalue weighted by atomic mass is 9.93. The van der Waals surface area contributed by atoms with Crippen LogP contribution in [0.3, 0.4) is 0 Å². The summed E-state index contributed by atoms with van der Waals surface area (Å²) in [5, 5.41) is 3.82. The maximum atomic E-state index is 3.82. The molecule has 1 aliphatic rings. The lowest BCUT2D eigenvalue weighted by Gasteiger charge is -2.25. The summed E-state index contributed by atoms with van der Waals surface area (Å²) in [6, 6.07) is 0.834. The minimum atomic E-state index is 0.834. The lowest BCUT2D eigenvalue weighted by Crippen LogP contribution is -2.35. The molecule has 1 fully saturated rings. The fourth-order valence-corrected chi connectivity index (χ4v) is 2.94. The number of rotatable bonds is 9. The lowest BCUT2D eigenvalue weighted by molar-refractivity contribution is 0.330. The zero-order valence-corrected chi connectivity index (χ0v) is 11.4. The van der Waals surface area contributed by atoms with Gasteiger partial charge in [0.1, 0.15) is 0 Å². The van der Waals surface area contributed by atoms with Gasteiger partial charge >= 0.3 is 0 Å². The Balaban J connectivity index is 2.22. The predicted molar refractivity (Wildman–Crippen MR) is 72.8 cm³/mol. The van der Waals surface area contributed by atoms with Gasteiger partial charge in [0, 0.05) is 6.04 Å². The molecule has 1 nitrogen and oxygen atoms in total. The van der Waals surface area contributed by atoms with Crippen LogP contribution in [0, 0.1) is 5.92 Å². The van der Waals surface area contributed by atoms with Crippen molar-refractivity contribution in [1.29, 1.82) is 0 Å². The highest BCUT2D eigenvalue weighted by molar-refractivity contribution is 4.80. The predicted octanol–water partition coefficient (Wildman–Crippen LogP) is 4.52.